The van der Waals surface area contributed by atoms with Crippen LogP contribution < -0.4 is 10.6 Å². The predicted octanol–water partition coefficient (Wildman–Crippen LogP) is 4.06. The Bertz CT molecular complexity index is 875. The molecule has 0 aromatic heterocycles. The minimum Gasteiger partial charge on any atom is -0.478 e. The molecule has 0 bridgehead atoms. The molecule has 0 fully saturated rings. The molecule has 8 nitrogen and oxygen atoms in total. The number of rotatable bonds is 6. The summed E-state index contributed by atoms with van der Waals surface area (Å²) in [6, 6.07) is 13.9. The Morgan fingerprint density at radius 3 is 1.17 bits per heavy atom. The van der Waals surface area contributed by atoms with E-state index in [4.69, 9.17) is 10.2 Å². The maximum absolute atomic E-state index is 11.1. The average Bonchev–Trinajstić information content (AvgIpc) is 2.69. The highest BCUT2D eigenvalue weighted by Crippen LogP contribution is 2.14. The van der Waals surface area contributed by atoms with E-state index < -0.39 is 23.8 Å². The van der Waals surface area contributed by atoms with E-state index in [9.17, 15) is 19.2 Å². The largest absolute Gasteiger partial charge is 0.478 e. The van der Waals surface area contributed by atoms with Crippen molar-refractivity contribution in [2.75, 3.05) is 10.6 Å². The lowest BCUT2D eigenvalue weighted by molar-refractivity contribution is -0.132. The average molecular weight is 540 g/mol. The van der Waals surface area contributed by atoms with E-state index in [0.29, 0.717) is 11.4 Å². The van der Waals surface area contributed by atoms with Crippen LogP contribution in [0, 0.1) is 0 Å². The molecule has 2 aromatic rings. The summed E-state index contributed by atoms with van der Waals surface area (Å²) in [4.78, 5) is 42.5. The summed E-state index contributed by atoms with van der Waals surface area (Å²) in [5.74, 6) is -3.25. The van der Waals surface area contributed by atoms with E-state index in [1.54, 1.807) is 48.5 Å². The molecule has 0 unspecified atom stereocenters. The van der Waals surface area contributed by atoms with Gasteiger partial charge in [-0.3, -0.25) is 9.59 Å². The number of nitrogens with one attached hydrogen (secondary N) is 2. The summed E-state index contributed by atoms with van der Waals surface area (Å²) in [7, 11) is 0. The molecular formula is C20H16Br2N2O6. The molecule has 0 heterocycles. The number of carbonyl (C=O) groups is 4. The maximum atomic E-state index is 11.1. The quantitative estimate of drug-likeness (QED) is 0.409. The highest BCUT2D eigenvalue weighted by atomic mass is 79.9. The van der Waals surface area contributed by atoms with E-state index in [1.807, 2.05) is 0 Å². The number of benzene rings is 2. The SMILES string of the molecule is O=C(O)/C=C\C(=O)Nc1ccc(Br)cc1.O=C(O)/C=C\C(=O)Nc1ccc(Br)cc1. The van der Waals surface area contributed by atoms with Crippen molar-refractivity contribution in [2.45, 2.75) is 0 Å². The third-order valence-electron chi connectivity index (χ3n) is 2.98. The van der Waals surface area contributed by atoms with Crippen molar-refractivity contribution >= 4 is 67.0 Å². The van der Waals surface area contributed by atoms with Crippen molar-refractivity contribution in [3.8, 4) is 0 Å². The van der Waals surface area contributed by atoms with Crippen LogP contribution in [0.4, 0.5) is 11.4 Å². The van der Waals surface area contributed by atoms with E-state index >= 15 is 0 Å². The molecule has 0 radical (unpaired) electrons. The van der Waals surface area contributed by atoms with Gasteiger partial charge in [-0.1, -0.05) is 31.9 Å². The van der Waals surface area contributed by atoms with Crippen LogP contribution in [-0.2, 0) is 19.2 Å². The molecule has 2 aromatic carbocycles. The van der Waals surface area contributed by atoms with Crippen molar-refractivity contribution in [1.82, 2.24) is 0 Å². The standard InChI is InChI=1S/2C10H8BrNO3/c2*11-7-1-3-8(4-2-7)12-9(13)5-6-10(14)15/h2*1-6H,(H,12,13)(H,14,15)/b2*6-5-. The van der Waals surface area contributed by atoms with Crippen LogP contribution in [0.25, 0.3) is 0 Å². The highest BCUT2D eigenvalue weighted by Gasteiger charge is 1.99. The third-order valence-corrected chi connectivity index (χ3v) is 4.04. The topological polar surface area (TPSA) is 133 Å². The first-order valence-corrected chi connectivity index (χ1v) is 9.69. The van der Waals surface area contributed by atoms with E-state index in [-0.39, 0.29) is 0 Å². The van der Waals surface area contributed by atoms with Gasteiger partial charge in [-0.15, -0.1) is 0 Å². The fourth-order valence-corrected chi connectivity index (χ4v) is 2.26. The van der Waals surface area contributed by atoms with E-state index in [0.717, 1.165) is 33.2 Å². The van der Waals surface area contributed by atoms with Gasteiger partial charge in [0.1, 0.15) is 0 Å². The van der Waals surface area contributed by atoms with Gasteiger partial charge in [0.2, 0.25) is 11.8 Å². The molecule has 0 aliphatic rings. The molecule has 4 N–H and O–H groups in total. The van der Waals surface area contributed by atoms with Gasteiger partial charge in [0.05, 0.1) is 0 Å². The highest BCUT2D eigenvalue weighted by molar-refractivity contribution is 9.10. The summed E-state index contributed by atoms with van der Waals surface area (Å²) in [5, 5.41) is 21.6. The zero-order valence-corrected chi connectivity index (χ0v) is 18.4. The van der Waals surface area contributed by atoms with Crippen molar-refractivity contribution in [3.63, 3.8) is 0 Å². The number of hydrogen-bond acceptors (Lipinski definition) is 4. The number of carboxylic acid groups (broad SMARTS) is 2. The molecular weight excluding hydrogens is 524 g/mol. The van der Waals surface area contributed by atoms with Gasteiger partial charge < -0.3 is 20.8 Å². The van der Waals surface area contributed by atoms with Gasteiger partial charge in [0.15, 0.2) is 0 Å². The van der Waals surface area contributed by atoms with Crippen molar-refractivity contribution < 1.29 is 29.4 Å². The van der Waals surface area contributed by atoms with Gasteiger partial charge in [-0.25, -0.2) is 9.59 Å². The predicted molar refractivity (Wildman–Crippen MR) is 119 cm³/mol. The Balaban J connectivity index is 0.000000300. The Labute approximate surface area is 188 Å². The van der Waals surface area contributed by atoms with E-state index in [2.05, 4.69) is 42.5 Å². The molecule has 0 aliphatic heterocycles. The zero-order valence-electron chi connectivity index (χ0n) is 15.2. The number of amides is 2. The van der Waals surface area contributed by atoms with Crippen LogP contribution in [0.1, 0.15) is 0 Å². The Kier molecular flexibility index (Phi) is 10.8. The summed E-state index contributed by atoms with van der Waals surface area (Å²) < 4.78 is 1.81. The lowest BCUT2D eigenvalue weighted by Crippen LogP contribution is -2.08. The normalized spacial score (nSPS) is 10.2. The molecule has 0 saturated carbocycles. The smallest absolute Gasteiger partial charge is 0.328 e. The fourth-order valence-electron chi connectivity index (χ4n) is 1.73. The van der Waals surface area contributed by atoms with Crippen LogP contribution in [0.2, 0.25) is 0 Å². The Morgan fingerprint density at radius 1 is 0.600 bits per heavy atom. The van der Waals surface area contributed by atoms with Crippen LogP contribution in [-0.4, -0.2) is 34.0 Å². The third kappa shape index (κ3) is 11.6. The molecule has 2 amide bonds. The van der Waals surface area contributed by atoms with Gasteiger partial charge in [-0.05, 0) is 48.5 Å². The van der Waals surface area contributed by atoms with Gasteiger partial charge in [0.25, 0.3) is 0 Å². The van der Waals surface area contributed by atoms with Gasteiger partial charge in [0, 0.05) is 44.6 Å². The molecule has 2 rings (SSSR count). The van der Waals surface area contributed by atoms with Gasteiger partial charge >= 0.3 is 11.9 Å². The summed E-state index contributed by atoms with van der Waals surface area (Å²) in [6.45, 7) is 0. The number of hydrogen-bond donors (Lipinski definition) is 4. The van der Waals surface area contributed by atoms with Crippen molar-refractivity contribution in [1.29, 1.82) is 0 Å². The van der Waals surface area contributed by atoms with Crippen LogP contribution in [0.3, 0.4) is 0 Å². The second-order valence-corrected chi connectivity index (χ2v) is 7.17. The monoisotopic (exact) mass is 538 g/mol. The van der Waals surface area contributed by atoms with Crippen molar-refractivity contribution in [2.24, 2.45) is 0 Å². The molecule has 0 spiro atoms. The molecule has 0 aliphatic carbocycles. The minimum absolute atomic E-state index is 0.472. The zero-order chi connectivity index (χ0) is 22.5. The van der Waals surface area contributed by atoms with Crippen LogP contribution in [0.5, 0.6) is 0 Å². The Morgan fingerprint density at radius 2 is 0.900 bits per heavy atom. The van der Waals surface area contributed by atoms with E-state index in [1.165, 1.54) is 0 Å². The number of aliphatic carboxylic acids is 2. The maximum Gasteiger partial charge on any atom is 0.328 e. The van der Waals surface area contributed by atoms with Crippen molar-refractivity contribution in [3.05, 3.63) is 81.8 Å². The lowest BCUT2D eigenvalue weighted by atomic mass is 10.3. The summed E-state index contributed by atoms with van der Waals surface area (Å²) >= 11 is 6.51. The number of carbonyl (C=O) groups excluding carboxylic acids is 2. The lowest BCUT2D eigenvalue weighted by Gasteiger charge is -2.00. The molecule has 156 valence electrons. The molecule has 30 heavy (non-hydrogen) atoms. The fraction of sp³-hybridized carbons (Fsp3) is 0. The van der Waals surface area contributed by atoms with Gasteiger partial charge in [-0.2, -0.15) is 0 Å². The first kappa shape index (κ1) is 24.8. The molecule has 0 atom stereocenters. The second-order valence-electron chi connectivity index (χ2n) is 5.34. The van der Waals surface area contributed by atoms with Crippen LogP contribution in [0.15, 0.2) is 81.8 Å². The number of halogens is 2. The molecule has 0 saturated heterocycles. The minimum atomic E-state index is -1.15. The first-order chi connectivity index (χ1) is 14.2. The van der Waals surface area contributed by atoms with Crippen LogP contribution >= 0.6 is 31.9 Å². The summed E-state index contributed by atoms with van der Waals surface area (Å²) in [6.07, 6.45) is 3.50. The number of anilines is 2. The first-order valence-electron chi connectivity index (χ1n) is 8.11. The summed E-state index contributed by atoms with van der Waals surface area (Å²) in [5.41, 5.74) is 1.22. The second kappa shape index (κ2) is 13.1. The number of carboxylic acids is 2. The Hall–Kier alpha value is -3.24. The molecule has 10 heteroatoms.